The number of nitrogens with one attached hydrogen (secondary N) is 3. The molecule has 2 aromatic carbocycles. The fourth-order valence-electron chi connectivity index (χ4n) is 3.51. The fraction of sp³-hybridized carbons (Fsp3) is 0.435. The first kappa shape index (κ1) is 22.3. The lowest BCUT2D eigenvalue weighted by molar-refractivity contribution is -0.125. The predicted molar refractivity (Wildman–Crippen MR) is 121 cm³/mol. The minimum Gasteiger partial charge on any atom is -0.299 e. The predicted octanol–water partition coefficient (Wildman–Crippen LogP) is 4.07. The molecule has 0 radical (unpaired) electrons. The fourth-order valence-corrected chi connectivity index (χ4v) is 4.54. The Hall–Kier alpha value is -2.38. The van der Waals surface area contributed by atoms with E-state index in [9.17, 15) is 13.2 Å². The van der Waals surface area contributed by atoms with E-state index in [-0.39, 0.29) is 17.9 Å². The van der Waals surface area contributed by atoms with Crippen molar-refractivity contribution in [3.8, 4) is 11.1 Å². The summed E-state index contributed by atoms with van der Waals surface area (Å²) in [6.45, 7) is 5.06. The maximum Gasteiger partial charge on any atom is 0.241 e. The summed E-state index contributed by atoms with van der Waals surface area (Å²) in [5, 5.41) is 0. The zero-order valence-corrected chi connectivity index (χ0v) is 18.6. The molecular weight excluding hydrogens is 398 g/mol. The maximum absolute atomic E-state index is 12.6. The van der Waals surface area contributed by atoms with E-state index in [0.29, 0.717) is 25.7 Å². The number of carbonyl (C=O) groups is 1. The van der Waals surface area contributed by atoms with Crippen molar-refractivity contribution in [2.75, 3.05) is 5.43 Å². The average Bonchev–Trinajstić information content (AvgIpc) is 2.72. The van der Waals surface area contributed by atoms with Crippen LogP contribution in [0.4, 0.5) is 5.69 Å². The summed E-state index contributed by atoms with van der Waals surface area (Å²) in [5.41, 5.74) is 8.82. The molecule has 0 bridgehead atoms. The van der Waals surface area contributed by atoms with Gasteiger partial charge in [0.25, 0.3) is 0 Å². The highest BCUT2D eigenvalue weighted by Crippen LogP contribution is 2.27. The molecule has 6 nitrogen and oxygen atoms in total. The van der Waals surface area contributed by atoms with Crippen LogP contribution < -0.4 is 15.6 Å². The van der Waals surface area contributed by atoms with Gasteiger partial charge in [-0.1, -0.05) is 42.5 Å². The van der Waals surface area contributed by atoms with Gasteiger partial charge in [-0.2, -0.15) is 0 Å². The molecule has 3 N–H and O–H groups in total. The molecule has 162 valence electrons. The standard InChI is InChI=1S/C23H31N3O3S/c1-23(2,3)30(28,29)26-20-14-12-18(13-15-20)22(27)25-24-21-11-7-10-19(16-21)17-8-5-4-6-9-17/h4-11,16,18,20,24,26H,12-15H2,1-3H3,(H,25,27)/t18-,20-. The van der Waals surface area contributed by atoms with Crippen molar-refractivity contribution in [2.45, 2.75) is 57.2 Å². The van der Waals surface area contributed by atoms with E-state index in [1.807, 2.05) is 54.6 Å². The van der Waals surface area contributed by atoms with E-state index < -0.39 is 14.8 Å². The van der Waals surface area contributed by atoms with Crippen molar-refractivity contribution in [1.29, 1.82) is 0 Å². The van der Waals surface area contributed by atoms with Gasteiger partial charge in [0.05, 0.1) is 10.4 Å². The third-order valence-corrected chi connectivity index (χ3v) is 7.78. The van der Waals surface area contributed by atoms with Crippen molar-refractivity contribution in [1.82, 2.24) is 10.1 Å². The van der Waals surface area contributed by atoms with Crippen molar-refractivity contribution in [3.05, 3.63) is 54.6 Å². The van der Waals surface area contributed by atoms with Crippen LogP contribution in [0.15, 0.2) is 54.6 Å². The highest BCUT2D eigenvalue weighted by Gasteiger charge is 2.34. The minimum atomic E-state index is -3.37. The Morgan fingerprint density at radius 3 is 2.17 bits per heavy atom. The molecule has 0 atom stereocenters. The van der Waals surface area contributed by atoms with Crippen LogP contribution in [0.1, 0.15) is 46.5 Å². The van der Waals surface area contributed by atoms with E-state index in [2.05, 4.69) is 15.6 Å². The third kappa shape index (κ3) is 5.61. The molecule has 0 saturated heterocycles. The molecule has 1 aliphatic carbocycles. The molecule has 7 heteroatoms. The van der Waals surface area contributed by atoms with E-state index in [4.69, 9.17) is 0 Å². The maximum atomic E-state index is 12.6. The summed E-state index contributed by atoms with van der Waals surface area (Å²) in [5.74, 6) is -0.178. The van der Waals surface area contributed by atoms with Crippen LogP contribution in [0.3, 0.4) is 0 Å². The topological polar surface area (TPSA) is 87.3 Å². The summed E-state index contributed by atoms with van der Waals surface area (Å²) in [6.07, 6.45) is 2.65. The Bertz CT molecular complexity index is 961. The summed E-state index contributed by atoms with van der Waals surface area (Å²) in [4.78, 5) is 12.6. The van der Waals surface area contributed by atoms with E-state index >= 15 is 0 Å². The zero-order chi connectivity index (χ0) is 21.8. The molecule has 0 spiro atoms. The first-order valence-corrected chi connectivity index (χ1v) is 11.9. The molecule has 0 unspecified atom stereocenters. The molecular formula is C23H31N3O3S. The molecule has 30 heavy (non-hydrogen) atoms. The largest absolute Gasteiger partial charge is 0.299 e. The molecule has 1 aliphatic rings. The van der Waals surface area contributed by atoms with Gasteiger partial charge in [0.2, 0.25) is 15.9 Å². The van der Waals surface area contributed by atoms with Gasteiger partial charge in [0.15, 0.2) is 0 Å². The van der Waals surface area contributed by atoms with Crippen LogP contribution in [-0.2, 0) is 14.8 Å². The number of rotatable bonds is 6. The highest BCUT2D eigenvalue weighted by molar-refractivity contribution is 7.90. The van der Waals surface area contributed by atoms with E-state index in [1.165, 1.54) is 0 Å². The number of sulfonamides is 1. The molecule has 1 amide bonds. The number of benzene rings is 2. The van der Waals surface area contributed by atoms with Gasteiger partial charge in [-0.3, -0.25) is 15.6 Å². The number of anilines is 1. The number of carbonyl (C=O) groups excluding carboxylic acids is 1. The Labute approximate surface area is 179 Å². The quantitative estimate of drug-likeness (QED) is 0.604. The van der Waals surface area contributed by atoms with Gasteiger partial charge in [-0.25, -0.2) is 13.1 Å². The summed E-state index contributed by atoms with van der Waals surface area (Å²) in [7, 11) is -3.37. The second-order valence-electron chi connectivity index (χ2n) is 8.84. The molecule has 1 saturated carbocycles. The van der Waals surface area contributed by atoms with Crippen LogP contribution in [0.2, 0.25) is 0 Å². The molecule has 1 fully saturated rings. The van der Waals surface area contributed by atoms with Gasteiger partial charge in [0, 0.05) is 12.0 Å². The molecule has 0 aromatic heterocycles. The van der Waals surface area contributed by atoms with E-state index in [0.717, 1.165) is 16.8 Å². The van der Waals surface area contributed by atoms with Crippen LogP contribution >= 0.6 is 0 Å². The molecule has 3 rings (SSSR count). The SMILES string of the molecule is CC(C)(C)S(=O)(=O)N[C@H]1CC[C@H](C(=O)NNc2cccc(-c3ccccc3)c2)CC1. The summed E-state index contributed by atoms with van der Waals surface area (Å²) >= 11 is 0. The smallest absolute Gasteiger partial charge is 0.241 e. The number of amides is 1. The average molecular weight is 430 g/mol. The second-order valence-corrected chi connectivity index (χ2v) is 11.3. The van der Waals surface area contributed by atoms with Gasteiger partial charge < -0.3 is 0 Å². The Morgan fingerprint density at radius 2 is 1.53 bits per heavy atom. The molecule has 2 aromatic rings. The van der Waals surface area contributed by atoms with Crippen molar-refractivity contribution < 1.29 is 13.2 Å². The van der Waals surface area contributed by atoms with Gasteiger partial charge in [0.1, 0.15) is 0 Å². The number of hydrogen-bond donors (Lipinski definition) is 3. The number of hydrogen-bond acceptors (Lipinski definition) is 4. The van der Waals surface area contributed by atoms with Crippen molar-refractivity contribution in [2.24, 2.45) is 5.92 Å². The zero-order valence-electron chi connectivity index (χ0n) is 17.8. The lowest BCUT2D eigenvalue weighted by atomic mass is 9.86. The van der Waals surface area contributed by atoms with Gasteiger partial charge >= 0.3 is 0 Å². The minimum absolute atomic E-state index is 0.0581. The first-order valence-electron chi connectivity index (χ1n) is 10.4. The van der Waals surface area contributed by atoms with Crippen LogP contribution in [0, 0.1) is 5.92 Å². The first-order chi connectivity index (χ1) is 14.2. The third-order valence-electron chi connectivity index (χ3n) is 5.53. The van der Waals surface area contributed by atoms with Crippen molar-refractivity contribution in [3.63, 3.8) is 0 Å². The van der Waals surface area contributed by atoms with Crippen LogP contribution in [-0.4, -0.2) is 25.1 Å². The van der Waals surface area contributed by atoms with Crippen LogP contribution in [0.5, 0.6) is 0 Å². The number of hydrazine groups is 1. The van der Waals surface area contributed by atoms with Crippen LogP contribution in [0.25, 0.3) is 11.1 Å². The van der Waals surface area contributed by atoms with E-state index in [1.54, 1.807) is 20.8 Å². The second kappa shape index (κ2) is 9.18. The molecule has 0 aliphatic heterocycles. The monoisotopic (exact) mass is 429 g/mol. The van der Waals surface area contributed by atoms with Gasteiger partial charge in [-0.15, -0.1) is 0 Å². The Morgan fingerprint density at radius 1 is 0.900 bits per heavy atom. The van der Waals surface area contributed by atoms with Crippen molar-refractivity contribution >= 4 is 21.6 Å². The summed E-state index contributed by atoms with van der Waals surface area (Å²) in [6, 6.07) is 17.8. The lowest BCUT2D eigenvalue weighted by Gasteiger charge is -2.30. The summed E-state index contributed by atoms with van der Waals surface area (Å²) < 4.78 is 26.6. The normalized spacial score (nSPS) is 19.8. The highest BCUT2D eigenvalue weighted by atomic mass is 32.2. The Balaban J connectivity index is 1.50. The lowest BCUT2D eigenvalue weighted by Crippen LogP contribution is -2.47. The van der Waals surface area contributed by atoms with Gasteiger partial charge in [-0.05, 0) is 69.7 Å². The molecule has 0 heterocycles. The Kier molecular flexibility index (Phi) is 6.83.